The van der Waals surface area contributed by atoms with Gasteiger partial charge in [0.15, 0.2) is 10.6 Å². The molecule has 9 nitrogen and oxygen atoms in total. The van der Waals surface area contributed by atoms with E-state index in [2.05, 4.69) is 15.5 Å². The van der Waals surface area contributed by atoms with Crippen LogP contribution in [-0.4, -0.2) is 49.6 Å². The Morgan fingerprint density at radius 3 is 2.87 bits per heavy atom. The van der Waals surface area contributed by atoms with Crippen molar-refractivity contribution in [3.8, 4) is 0 Å². The summed E-state index contributed by atoms with van der Waals surface area (Å²) in [5.41, 5.74) is 0.512. The molecule has 0 radical (unpaired) electrons. The van der Waals surface area contributed by atoms with Crippen LogP contribution in [0.2, 0.25) is 0 Å². The van der Waals surface area contributed by atoms with E-state index in [4.69, 9.17) is 12.2 Å². The molecule has 1 aromatic heterocycles. The van der Waals surface area contributed by atoms with Gasteiger partial charge in [0, 0.05) is 25.9 Å². The number of anilines is 1. The highest BCUT2D eigenvalue weighted by molar-refractivity contribution is 7.71. The number of fused-ring (bicyclic) bond motifs is 3. The highest BCUT2D eigenvalue weighted by atomic mass is 32.1. The van der Waals surface area contributed by atoms with Crippen molar-refractivity contribution in [2.24, 2.45) is 0 Å². The van der Waals surface area contributed by atoms with E-state index in [1.54, 1.807) is 21.9 Å². The number of H-pyrrole nitrogens is 1. The quantitative estimate of drug-likeness (QED) is 0.641. The molecule has 4 rings (SSSR count). The molecule has 0 saturated carbocycles. The number of para-hydroxylation sites is 1. The van der Waals surface area contributed by atoms with Crippen molar-refractivity contribution in [2.75, 3.05) is 11.4 Å². The summed E-state index contributed by atoms with van der Waals surface area (Å²) in [5.74, 6) is 0.486. The molecule has 2 aliphatic rings. The molecule has 1 atom stereocenters. The summed E-state index contributed by atoms with van der Waals surface area (Å²) in [4.78, 5) is 41.6. The van der Waals surface area contributed by atoms with Gasteiger partial charge in [0.05, 0.1) is 17.8 Å². The maximum absolute atomic E-state index is 13.2. The second-order valence-electron chi connectivity index (χ2n) is 7.99. The summed E-state index contributed by atoms with van der Waals surface area (Å²) in [7, 11) is 0. The molecule has 3 amide bonds. The molecule has 1 aromatic carbocycles. The summed E-state index contributed by atoms with van der Waals surface area (Å²) < 4.78 is 2.35. The summed E-state index contributed by atoms with van der Waals surface area (Å²) >= 11 is 5.16. The lowest BCUT2D eigenvalue weighted by molar-refractivity contribution is -0.121. The van der Waals surface area contributed by atoms with Gasteiger partial charge in [-0.15, -0.1) is 0 Å². The number of rotatable bonds is 7. The minimum absolute atomic E-state index is 0.0227. The normalized spacial score (nSPS) is 20.1. The number of hydrogen-bond donors (Lipinski definition) is 2. The summed E-state index contributed by atoms with van der Waals surface area (Å²) in [5, 5.41) is 9.72. The van der Waals surface area contributed by atoms with Gasteiger partial charge in [-0.3, -0.25) is 24.4 Å². The zero-order valence-electron chi connectivity index (χ0n) is 17.7. The second-order valence-corrected chi connectivity index (χ2v) is 8.38. The van der Waals surface area contributed by atoms with Gasteiger partial charge in [0.1, 0.15) is 5.66 Å². The maximum Gasteiger partial charge on any atom is 0.257 e. The van der Waals surface area contributed by atoms with Crippen LogP contribution < -0.4 is 10.2 Å². The van der Waals surface area contributed by atoms with Crippen LogP contribution in [0.3, 0.4) is 0 Å². The lowest BCUT2D eigenvalue weighted by Crippen LogP contribution is -2.62. The number of carbonyl (C=O) groups is 3. The molecule has 2 aromatic rings. The van der Waals surface area contributed by atoms with Crippen LogP contribution in [0.15, 0.2) is 24.3 Å². The van der Waals surface area contributed by atoms with E-state index >= 15 is 0 Å². The van der Waals surface area contributed by atoms with Crippen LogP contribution in [-0.2, 0) is 22.7 Å². The zero-order chi connectivity index (χ0) is 22.2. The molecule has 31 heavy (non-hydrogen) atoms. The molecule has 10 heteroatoms. The van der Waals surface area contributed by atoms with E-state index < -0.39 is 5.66 Å². The standard InChI is InChI=1S/C21H26N6O3S/c1-3-25-16(23-24-20(25)31)13-22-17(28)9-6-12-26-19(30)14-7-4-5-8-15(14)27-18(29)10-11-21(26,27)2/h4-5,7-8H,3,6,9-13H2,1-2H3,(H,22,28)(H,24,31). The van der Waals surface area contributed by atoms with Crippen LogP contribution in [0.25, 0.3) is 0 Å². The Hall–Kier alpha value is -3.01. The molecule has 3 heterocycles. The predicted octanol–water partition coefficient (Wildman–Crippen LogP) is 2.36. The third-order valence-electron chi connectivity index (χ3n) is 6.13. The first-order valence-corrected chi connectivity index (χ1v) is 10.9. The highest BCUT2D eigenvalue weighted by Gasteiger charge is 2.52. The monoisotopic (exact) mass is 442 g/mol. The van der Waals surface area contributed by atoms with E-state index in [0.717, 1.165) is 0 Å². The van der Waals surface area contributed by atoms with Crippen molar-refractivity contribution in [1.29, 1.82) is 0 Å². The Balaban J connectivity index is 1.40. The summed E-state index contributed by atoms with van der Waals surface area (Å²) in [6.45, 7) is 5.25. The van der Waals surface area contributed by atoms with Crippen molar-refractivity contribution < 1.29 is 14.4 Å². The predicted molar refractivity (Wildman–Crippen MR) is 117 cm³/mol. The number of carbonyl (C=O) groups excluding carboxylic acids is 3. The molecule has 0 spiro atoms. The Kier molecular flexibility index (Phi) is 5.65. The molecule has 1 fully saturated rings. The van der Waals surface area contributed by atoms with E-state index in [-0.39, 0.29) is 30.7 Å². The van der Waals surface area contributed by atoms with Gasteiger partial charge in [-0.05, 0) is 51.0 Å². The van der Waals surface area contributed by atoms with Crippen molar-refractivity contribution in [2.45, 2.75) is 58.3 Å². The fourth-order valence-corrected chi connectivity index (χ4v) is 4.80. The topological polar surface area (TPSA) is 103 Å². The van der Waals surface area contributed by atoms with Gasteiger partial charge in [-0.1, -0.05) is 12.1 Å². The number of hydrogen-bond acceptors (Lipinski definition) is 5. The van der Waals surface area contributed by atoms with Gasteiger partial charge in [0.25, 0.3) is 5.91 Å². The Morgan fingerprint density at radius 2 is 2.10 bits per heavy atom. The maximum atomic E-state index is 13.2. The van der Waals surface area contributed by atoms with Crippen LogP contribution in [0, 0.1) is 4.77 Å². The smallest absolute Gasteiger partial charge is 0.257 e. The van der Waals surface area contributed by atoms with Crippen molar-refractivity contribution in [3.63, 3.8) is 0 Å². The van der Waals surface area contributed by atoms with Gasteiger partial charge in [-0.2, -0.15) is 5.10 Å². The Labute approximate surface area is 185 Å². The molecule has 0 aliphatic carbocycles. The molecule has 1 unspecified atom stereocenters. The van der Waals surface area contributed by atoms with Crippen molar-refractivity contribution in [1.82, 2.24) is 25.0 Å². The largest absolute Gasteiger partial charge is 0.349 e. The summed E-state index contributed by atoms with van der Waals surface area (Å²) in [6, 6.07) is 7.22. The SMILES string of the molecule is CCn1c(CNC(=O)CCCN2C(=O)c3ccccc3N3C(=O)CCC23C)n[nH]c1=S. The highest BCUT2D eigenvalue weighted by Crippen LogP contribution is 2.43. The van der Waals surface area contributed by atoms with E-state index in [1.807, 2.05) is 30.5 Å². The molecule has 1 saturated heterocycles. The van der Waals surface area contributed by atoms with Gasteiger partial charge >= 0.3 is 0 Å². The number of amides is 3. The average molecular weight is 443 g/mol. The van der Waals surface area contributed by atoms with Crippen molar-refractivity contribution >= 4 is 35.6 Å². The molecule has 2 aliphatic heterocycles. The minimum atomic E-state index is -0.694. The first kappa shape index (κ1) is 21.2. The third kappa shape index (κ3) is 3.65. The van der Waals surface area contributed by atoms with Crippen molar-refractivity contribution in [3.05, 3.63) is 40.4 Å². The van der Waals surface area contributed by atoms with E-state index in [9.17, 15) is 14.4 Å². The fraction of sp³-hybridized carbons (Fsp3) is 0.476. The van der Waals surface area contributed by atoms with Gasteiger partial charge < -0.3 is 14.8 Å². The lowest BCUT2D eigenvalue weighted by Gasteiger charge is -2.48. The molecule has 164 valence electrons. The first-order valence-electron chi connectivity index (χ1n) is 10.5. The zero-order valence-corrected chi connectivity index (χ0v) is 18.5. The molecule has 2 N–H and O–H groups in total. The average Bonchev–Trinajstić information content (AvgIpc) is 3.27. The molecular formula is C21H26N6O3S. The van der Waals surface area contributed by atoms with Gasteiger partial charge in [0.2, 0.25) is 11.8 Å². The number of nitrogens with zero attached hydrogens (tertiary/aromatic N) is 4. The molecular weight excluding hydrogens is 416 g/mol. The first-order chi connectivity index (χ1) is 14.9. The van der Waals surface area contributed by atoms with E-state index in [0.29, 0.717) is 54.2 Å². The van der Waals surface area contributed by atoms with Crippen LogP contribution in [0.1, 0.15) is 55.7 Å². The Bertz CT molecular complexity index is 1090. The van der Waals surface area contributed by atoms with Crippen LogP contribution in [0.5, 0.6) is 0 Å². The third-order valence-corrected chi connectivity index (χ3v) is 6.44. The van der Waals surface area contributed by atoms with E-state index in [1.165, 1.54) is 0 Å². The summed E-state index contributed by atoms with van der Waals surface area (Å²) in [6.07, 6.45) is 1.75. The van der Waals surface area contributed by atoms with Crippen LogP contribution >= 0.6 is 12.2 Å². The fourth-order valence-electron chi connectivity index (χ4n) is 4.52. The minimum Gasteiger partial charge on any atom is -0.349 e. The molecule has 0 bridgehead atoms. The lowest BCUT2D eigenvalue weighted by atomic mass is 9.98. The number of nitrogens with one attached hydrogen (secondary N) is 2. The number of aromatic nitrogens is 3. The van der Waals surface area contributed by atoms with Crippen LogP contribution in [0.4, 0.5) is 5.69 Å². The second kappa shape index (κ2) is 8.26. The number of benzene rings is 1. The number of aromatic amines is 1. The Morgan fingerprint density at radius 1 is 1.32 bits per heavy atom. The van der Waals surface area contributed by atoms with Gasteiger partial charge in [-0.25, -0.2) is 0 Å².